The first kappa shape index (κ1) is 15.3. The van der Waals surface area contributed by atoms with Crippen molar-refractivity contribution in [2.45, 2.75) is 19.4 Å². The molecule has 1 atom stereocenters. The van der Waals surface area contributed by atoms with Gasteiger partial charge in [-0.1, -0.05) is 6.07 Å². The van der Waals surface area contributed by atoms with Crippen LogP contribution in [-0.2, 0) is 9.84 Å². The molecule has 0 amide bonds. The lowest BCUT2D eigenvalue weighted by atomic mass is 10.1. The zero-order valence-electron chi connectivity index (χ0n) is 11.9. The van der Waals surface area contributed by atoms with E-state index in [4.69, 9.17) is 0 Å². The van der Waals surface area contributed by atoms with Gasteiger partial charge in [-0.05, 0) is 38.1 Å². The second-order valence-corrected chi connectivity index (χ2v) is 7.52. The summed E-state index contributed by atoms with van der Waals surface area (Å²) in [5.41, 5.74) is 1.38. The van der Waals surface area contributed by atoms with Crippen LogP contribution in [-0.4, -0.2) is 40.1 Å². The van der Waals surface area contributed by atoms with Gasteiger partial charge in [-0.3, -0.25) is 0 Å². The average Bonchev–Trinajstić information content (AvgIpc) is 2.59. The van der Waals surface area contributed by atoms with Gasteiger partial charge in [0.05, 0.1) is 17.2 Å². The number of hydrogen-bond acceptors (Lipinski definition) is 4. The number of anilines is 1. The molecule has 4 nitrogen and oxygen atoms in total. The van der Waals surface area contributed by atoms with Gasteiger partial charge in [0, 0.05) is 19.1 Å². The SMILES string of the molecule is CNC(C)c1ccc(N2CCCS(=O)(=O)CC2)c(F)c1. The van der Waals surface area contributed by atoms with Gasteiger partial charge in [0.15, 0.2) is 9.84 Å². The first-order chi connectivity index (χ1) is 9.43. The molecule has 1 aromatic rings. The van der Waals surface area contributed by atoms with Gasteiger partial charge in [0.25, 0.3) is 0 Å². The Hall–Kier alpha value is -1.14. The van der Waals surface area contributed by atoms with E-state index in [1.54, 1.807) is 6.07 Å². The highest BCUT2D eigenvalue weighted by atomic mass is 32.2. The summed E-state index contributed by atoms with van der Waals surface area (Å²) < 4.78 is 37.4. The topological polar surface area (TPSA) is 49.4 Å². The molecule has 112 valence electrons. The van der Waals surface area contributed by atoms with Gasteiger partial charge in [-0.15, -0.1) is 0 Å². The van der Waals surface area contributed by atoms with Crippen LogP contribution in [0.1, 0.15) is 24.9 Å². The number of rotatable bonds is 3. The molecular weight excluding hydrogens is 279 g/mol. The molecule has 1 unspecified atom stereocenters. The minimum atomic E-state index is -2.97. The van der Waals surface area contributed by atoms with Crippen LogP contribution in [0, 0.1) is 5.82 Å². The van der Waals surface area contributed by atoms with Crippen LogP contribution < -0.4 is 10.2 Å². The minimum Gasteiger partial charge on any atom is -0.368 e. The van der Waals surface area contributed by atoms with Crippen LogP contribution in [0.5, 0.6) is 0 Å². The second-order valence-electron chi connectivity index (χ2n) is 5.21. The highest BCUT2D eigenvalue weighted by molar-refractivity contribution is 7.91. The maximum absolute atomic E-state index is 14.2. The molecule has 2 rings (SSSR count). The Morgan fingerprint density at radius 3 is 2.70 bits per heavy atom. The first-order valence-corrected chi connectivity index (χ1v) is 8.67. The lowest BCUT2D eigenvalue weighted by Crippen LogP contribution is -2.27. The summed E-state index contributed by atoms with van der Waals surface area (Å²) in [7, 11) is -1.14. The molecular formula is C14H21FN2O2S. The Labute approximate surface area is 119 Å². The highest BCUT2D eigenvalue weighted by Crippen LogP contribution is 2.24. The van der Waals surface area contributed by atoms with Crippen LogP contribution in [0.15, 0.2) is 18.2 Å². The van der Waals surface area contributed by atoms with Crippen LogP contribution in [0.2, 0.25) is 0 Å². The molecule has 0 saturated carbocycles. The maximum Gasteiger partial charge on any atom is 0.152 e. The normalized spacial score (nSPS) is 20.4. The van der Waals surface area contributed by atoms with Crippen molar-refractivity contribution in [2.24, 2.45) is 0 Å². The molecule has 1 heterocycles. The van der Waals surface area contributed by atoms with Gasteiger partial charge in [0.2, 0.25) is 0 Å². The van der Waals surface area contributed by atoms with Gasteiger partial charge < -0.3 is 10.2 Å². The van der Waals surface area contributed by atoms with Crippen LogP contribution in [0.25, 0.3) is 0 Å². The summed E-state index contributed by atoms with van der Waals surface area (Å²) in [5, 5.41) is 3.07. The molecule has 1 saturated heterocycles. The molecule has 1 aliphatic rings. The summed E-state index contributed by atoms with van der Waals surface area (Å²) in [6, 6.07) is 5.24. The van der Waals surface area contributed by atoms with E-state index in [2.05, 4.69) is 5.32 Å². The number of nitrogens with zero attached hydrogens (tertiary/aromatic N) is 1. The first-order valence-electron chi connectivity index (χ1n) is 6.85. The van der Waals surface area contributed by atoms with Crippen molar-refractivity contribution in [1.29, 1.82) is 0 Å². The van der Waals surface area contributed by atoms with E-state index < -0.39 is 9.84 Å². The minimum absolute atomic E-state index is 0.0862. The fourth-order valence-electron chi connectivity index (χ4n) is 2.39. The number of hydrogen-bond donors (Lipinski definition) is 1. The molecule has 1 aromatic carbocycles. The molecule has 0 bridgehead atoms. The van der Waals surface area contributed by atoms with Crippen molar-refractivity contribution in [3.8, 4) is 0 Å². The zero-order chi connectivity index (χ0) is 14.8. The standard InChI is InChI=1S/C14H21FN2O2S/c1-11(16-2)12-4-5-14(13(15)10-12)17-6-3-8-20(18,19)9-7-17/h4-5,10-11,16H,3,6-9H2,1-2H3. The highest BCUT2D eigenvalue weighted by Gasteiger charge is 2.21. The lowest BCUT2D eigenvalue weighted by Gasteiger charge is -2.23. The Balaban J connectivity index is 2.20. The van der Waals surface area contributed by atoms with E-state index in [1.165, 1.54) is 6.07 Å². The van der Waals surface area contributed by atoms with Crippen molar-refractivity contribution in [1.82, 2.24) is 5.32 Å². The summed E-state index contributed by atoms with van der Waals surface area (Å²) >= 11 is 0. The van der Waals surface area contributed by atoms with Crippen molar-refractivity contribution in [2.75, 3.05) is 36.5 Å². The Morgan fingerprint density at radius 2 is 2.05 bits per heavy atom. The summed E-state index contributed by atoms with van der Waals surface area (Å²) in [6.07, 6.45) is 0.552. The van der Waals surface area contributed by atoms with Crippen molar-refractivity contribution < 1.29 is 12.8 Å². The average molecular weight is 300 g/mol. The summed E-state index contributed by atoms with van der Waals surface area (Å²) in [5.74, 6) is 0.00470. The lowest BCUT2D eigenvalue weighted by molar-refractivity contribution is 0.596. The molecule has 20 heavy (non-hydrogen) atoms. The Bertz CT molecular complexity index is 575. The maximum atomic E-state index is 14.2. The quantitative estimate of drug-likeness (QED) is 0.923. The van der Waals surface area contributed by atoms with Crippen LogP contribution >= 0.6 is 0 Å². The van der Waals surface area contributed by atoms with Crippen LogP contribution in [0.4, 0.5) is 10.1 Å². The molecule has 0 spiro atoms. The molecule has 1 N–H and O–H groups in total. The molecule has 1 aliphatic heterocycles. The van der Waals surface area contributed by atoms with E-state index in [1.807, 2.05) is 24.9 Å². The summed E-state index contributed by atoms with van der Waals surface area (Å²) in [6.45, 7) is 2.91. The predicted molar refractivity (Wildman–Crippen MR) is 79.4 cm³/mol. The second kappa shape index (κ2) is 6.10. The van der Waals surface area contributed by atoms with E-state index in [-0.39, 0.29) is 23.4 Å². The van der Waals surface area contributed by atoms with Gasteiger partial charge in [0.1, 0.15) is 5.82 Å². The molecule has 1 fully saturated rings. The van der Waals surface area contributed by atoms with E-state index in [0.29, 0.717) is 25.2 Å². The van der Waals surface area contributed by atoms with E-state index >= 15 is 0 Å². The number of sulfone groups is 1. The van der Waals surface area contributed by atoms with Gasteiger partial charge in [-0.2, -0.15) is 0 Å². The van der Waals surface area contributed by atoms with Crippen LogP contribution in [0.3, 0.4) is 0 Å². The fraction of sp³-hybridized carbons (Fsp3) is 0.571. The Kier molecular flexibility index (Phi) is 4.65. The van der Waals surface area contributed by atoms with E-state index in [0.717, 1.165) is 5.56 Å². The molecule has 0 aromatic heterocycles. The van der Waals surface area contributed by atoms with E-state index in [9.17, 15) is 12.8 Å². The third-order valence-electron chi connectivity index (χ3n) is 3.80. The van der Waals surface area contributed by atoms with Gasteiger partial charge in [-0.25, -0.2) is 12.8 Å². The third kappa shape index (κ3) is 3.49. The largest absolute Gasteiger partial charge is 0.368 e. The molecule has 0 radical (unpaired) electrons. The Morgan fingerprint density at radius 1 is 1.30 bits per heavy atom. The summed E-state index contributed by atoms with van der Waals surface area (Å²) in [4.78, 5) is 1.83. The van der Waals surface area contributed by atoms with Crippen molar-refractivity contribution in [3.63, 3.8) is 0 Å². The van der Waals surface area contributed by atoms with Crippen molar-refractivity contribution >= 4 is 15.5 Å². The van der Waals surface area contributed by atoms with Gasteiger partial charge >= 0.3 is 0 Å². The third-order valence-corrected chi connectivity index (χ3v) is 5.52. The monoisotopic (exact) mass is 300 g/mol. The predicted octanol–water partition coefficient (Wildman–Crippen LogP) is 1.73. The number of benzene rings is 1. The zero-order valence-corrected chi connectivity index (χ0v) is 12.7. The smallest absolute Gasteiger partial charge is 0.152 e. The fourth-order valence-corrected chi connectivity index (χ4v) is 3.67. The molecule has 6 heteroatoms. The van der Waals surface area contributed by atoms with Crippen molar-refractivity contribution in [3.05, 3.63) is 29.6 Å². The number of halogens is 1. The number of nitrogens with one attached hydrogen (secondary N) is 1. The molecule has 0 aliphatic carbocycles.